The topological polar surface area (TPSA) is 189 Å². The van der Waals surface area contributed by atoms with Crippen LogP contribution in [0.25, 0.3) is 17.0 Å². The molecule has 2 aromatic rings. The van der Waals surface area contributed by atoms with Crippen molar-refractivity contribution in [2.24, 2.45) is 11.8 Å². The van der Waals surface area contributed by atoms with Crippen molar-refractivity contribution in [2.75, 3.05) is 26.2 Å². The van der Waals surface area contributed by atoms with Crippen molar-refractivity contribution in [2.45, 2.75) is 106 Å². The number of allylic oxidation sites excluding steroid dienone is 1. The smallest absolute Gasteiger partial charge is 0.318 e. The number of carbonyl (C=O) groups excluding carboxylic acids is 4. The van der Waals surface area contributed by atoms with E-state index >= 15 is 0 Å². The molecule has 3 aliphatic heterocycles. The zero-order valence-electron chi connectivity index (χ0n) is 30.9. The van der Waals surface area contributed by atoms with Gasteiger partial charge in [0.05, 0.1) is 29.6 Å². The summed E-state index contributed by atoms with van der Waals surface area (Å²) in [6, 6.07) is 1.51. The van der Waals surface area contributed by atoms with E-state index in [0.29, 0.717) is 50.4 Å². The van der Waals surface area contributed by atoms with Crippen LogP contribution in [0.1, 0.15) is 76.2 Å². The molecule has 5 fully saturated rings. The molecule has 0 aromatic carbocycles. The van der Waals surface area contributed by atoms with Crippen LogP contribution in [-0.2, 0) is 29.1 Å². The Kier molecular flexibility index (Phi) is 10.3. The average molecular weight is 776 g/mol. The van der Waals surface area contributed by atoms with Crippen molar-refractivity contribution in [3.63, 3.8) is 0 Å². The minimum atomic E-state index is -3.89. The molecule has 0 unspecified atom stereocenters. The Hall–Kier alpha value is -4.57. The second kappa shape index (κ2) is 15.2. The van der Waals surface area contributed by atoms with E-state index in [1.54, 1.807) is 17.3 Å². The Morgan fingerprint density at radius 2 is 1.89 bits per heavy atom. The maximum atomic E-state index is 14.8. The lowest BCUT2D eigenvalue weighted by Gasteiger charge is -2.33. The molecule has 6 atom stereocenters. The first-order valence-corrected chi connectivity index (χ1v) is 21.2. The van der Waals surface area contributed by atoms with E-state index in [0.717, 1.165) is 49.5 Å². The van der Waals surface area contributed by atoms with Crippen LogP contribution in [0, 0.1) is 11.8 Å². The minimum absolute atomic E-state index is 0.0195. The van der Waals surface area contributed by atoms with Crippen LogP contribution in [-0.4, -0.2) is 113 Å². The van der Waals surface area contributed by atoms with Gasteiger partial charge in [-0.2, -0.15) is 0 Å². The van der Waals surface area contributed by atoms with Crippen LogP contribution in [0.4, 0.5) is 4.79 Å². The molecule has 3 N–H and O–H groups in total. The summed E-state index contributed by atoms with van der Waals surface area (Å²) in [4.78, 5) is 68.8. The lowest BCUT2D eigenvalue weighted by Crippen LogP contribution is -2.59. The molecule has 6 aliphatic rings. The summed E-state index contributed by atoms with van der Waals surface area (Å²) < 4.78 is 40.5. The molecule has 15 nitrogen and oxygen atoms in total. The summed E-state index contributed by atoms with van der Waals surface area (Å²) in [6.07, 6.45) is 14.8. The van der Waals surface area contributed by atoms with Crippen LogP contribution in [0.15, 0.2) is 43.3 Å². The minimum Gasteiger partial charge on any atom is -0.472 e. The van der Waals surface area contributed by atoms with Crippen LogP contribution in [0.2, 0.25) is 0 Å². The lowest BCUT2D eigenvalue weighted by molar-refractivity contribution is -0.142. The number of carbonyl (C=O) groups is 4. The Bertz CT molecular complexity index is 2000. The van der Waals surface area contributed by atoms with E-state index in [1.165, 1.54) is 11.0 Å². The van der Waals surface area contributed by atoms with Crippen LogP contribution in [0.5, 0.6) is 5.88 Å². The number of hydrogen-bond donors (Lipinski definition) is 3. The molecular formula is C39H49N7O8S. The van der Waals surface area contributed by atoms with Crippen molar-refractivity contribution < 1.29 is 37.1 Å². The van der Waals surface area contributed by atoms with E-state index in [4.69, 9.17) is 14.5 Å². The Morgan fingerprint density at radius 1 is 1.07 bits per heavy atom. The number of rotatable bonds is 7. The number of pyridine rings is 2. The van der Waals surface area contributed by atoms with Gasteiger partial charge in [0.25, 0.3) is 5.91 Å². The summed E-state index contributed by atoms with van der Waals surface area (Å²) in [7, 11) is -3.89. The highest BCUT2D eigenvalue weighted by Gasteiger charge is 2.62. The van der Waals surface area contributed by atoms with Gasteiger partial charge in [0.15, 0.2) is 0 Å². The van der Waals surface area contributed by atoms with E-state index in [2.05, 4.69) is 26.9 Å². The molecule has 2 aromatic heterocycles. The summed E-state index contributed by atoms with van der Waals surface area (Å²) in [5, 5.41) is 6.16. The molecule has 2 saturated heterocycles. The van der Waals surface area contributed by atoms with Gasteiger partial charge in [0, 0.05) is 49.2 Å². The summed E-state index contributed by atoms with van der Waals surface area (Å²) >= 11 is 0. The molecule has 0 radical (unpaired) electrons. The quantitative estimate of drug-likeness (QED) is 0.353. The van der Waals surface area contributed by atoms with Crippen LogP contribution in [0.3, 0.4) is 0 Å². The SMILES string of the molecule is C=C[C@H]1C[C@]1(NC(=O)[C@@H]1C[C@@H]2CN1C(=O)[C@H](C1CCCC1)NC(=O)N1CC[C@@H](C1)OCCC/C=C/c1cc3ccncc3nc1O2)C(=O)NS(=O)(=O)C1CC1. The van der Waals surface area contributed by atoms with Gasteiger partial charge in [0.2, 0.25) is 27.7 Å². The van der Waals surface area contributed by atoms with Gasteiger partial charge in [-0.1, -0.05) is 31.1 Å². The lowest BCUT2D eigenvalue weighted by atomic mass is 9.96. The number of sulfonamides is 1. The van der Waals surface area contributed by atoms with Gasteiger partial charge in [-0.05, 0) is 69.4 Å². The molecule has 16 heteroatoms. The highest BCUT2D eigenvalue weighted by molar-refractivity contribution is 7.91. The first-order chi connectivity index (χ1) is 26.5. The summed E-state index contributed by atoms with van der Waals surface area (Å²) in [5.41, 5.74) is -0.184. The highest BCUT2D eigenvalue weighted by atomic mass is 32.2. The van der Waals surface area contributed by atoms with Crippen molar-refractivity contribution >= 4 is 50.8 Å². The standard InChI is InChI=1S/C39H49N7O8S/c1-2-27-20-39(27,37(49)44-55(51,52)30-11-12-30)43-34(47)32-19-29-23-46(32)36(48)33(24-8-5-6-9-24)42-38(50)45-16-14-28(22-45)53-17-7-3-4-10-26-18-25-13-15-40-21-31(25)41-35(26)54-29/h2,4,10,13,15,18,21,24,27-30,32-33H,1,3,5-9,11-12,14,16-17,19-20,22-23H2,(H,42,50)(H,43,47)(H,44,49)/b10-4+/t27-,28-,29+,32-,33-,39+/m0/s1. The molecule has 4 bridgehead atoms. The van der Waals surface area contributed by atoms with Gasteiger partial charge in [0.1, 0.15) is 23.7 Å². The summed E-state index contributed by atoms with van der Waals surface area (Å²) in [6.45, 7) is 5.30. The molecule has 0 spiro atoms. The number of fused-ring (bicyclic) bond motifs is 6. The molecule has 8 rings (SSSR count). The highest BCUT2D eigenvalue weighted by Crippen LogP contribution is 2.45. The fraction of sp³-hybridized carbons (Fsp3) is 0.590. The van der Waals surface area contributed by atoms with Crippen molar-refractivity contribution in [3.05, 3.63) is 48.8 Å². The van der Waals surface area contributed by atoms with E-state index in [1.807, 2.05) is 24.3 Å². The molecule has 3 aliphatic carbocycles. The van der Waals surface area contributed by atoms with Crippen molar-refractivity contribution in [3.8, 4) is 5.88 Å². The first kappa shape index (κ1) is 37.4. The van der Waals surface area contributed by atoms with Gasteiger partial charge in [-0.25, -0.2) is 18.2 Å². The monoisotopic (exact) mass is 775 g/mol. The maximum absolute atomic E-state index is 14.8. The summed E-state index contributed by atoms with van der Waals surface area (Å²) in [5.74, 6) is -2.14. The molecule has 55 heavy (non-hydrogen) atoms. The number of urea groups is 1. The number of aromatic nitrogens is 2. The van der Waals surface area contributed by atoms with Gasteiger partial charge in [-0.3, -0.25) is 24.1 Å². The molecule has 5 heterocycles. The Labute approximate surface area is 320 Å². The third-order valence-electron chi connectivity index (χ3n) is 12.0. The molecule has 3 saturated carbocycles. The third kappa shape index (κ3) is 7.80. The Morgan fingerprint density at radius 3 is 2.65 bits per heavy atom. The number of amides is 5. The van der Waals surface area contributed by atoms with Gasteiger partial charge in [-0.15, -0.1) is 6.58 Å². The molecule has 294 valence electrons. The third-order valence-corrected chi connectivity index (χ3v) is 13.8. The zero-order valence-corrected chi connectivity index (χ0v) is 31.7. The number of nitrogens with one attached hydrogen (secondary N) is 3. The first-order valence-electron chi connectivity index (χ1n) is 19.6. The molecular weight excluding hydrogens is 727 g/mol. The Balaban J connectivity index is 1.12. The number of ether oxygens (including phenoxy) is 2. The predicted octanol–water partition coefficient (Wildman–Crippen LogP) is 2.81. The fourth-order valence-electron chi connectivity index (χ4n) is 8.57. The van der Waals surface area contributed by atoms with Crippen molar-refractivity contribution in [1.29, 1.82) is 0 Å². The van der Waals surface area contributed by atoms with Crippen LogP contribution >= 0.6 is 0 Å². The second-order valence-corrected chi connectivity index (χ2v) is 17.8. The fourth-order valence-corrected chi connectivity index (χ4v) is 9.93. The number of hydrogen-bond acceptors (Lipinski definition) is 10. The molecule has 5 amide bonds. The predicted molar refractivity (Wildman–Crippen MR) is 202 cm³/mol. The van der Waals surface area contributed by atoms with E-state index in [-0.39, 0.29) is 37.4 Å². The van der Waals surface area contributed by atoms with E-state index < -0.39 is 62.6 Å². The normalized spacial score (nSPS) is 31.0. The second-order valence-electron chi connectivity index (χ2n) is 15.9. The largest absolute Gasteiger partial charge is 0.472 e. The van der Waals surface area contributed by atoms with Gasteiger partial charge >= 0.3 is 6.03 Å². The van der Waals surface area contributed by atoms with E-state index in [9.17, 15) is 27.6 Å². The zero-order chi connectivity index (χ0) is 38.3. The number of nitrogens with zero attached hydrogens (tertiary/aromatic N) is 4. The van der Waals surface area contributed by atoms with Crippen LogP contribution < -0.4 is 20.1 Å². The van der Waals surface area contributed by atoms with Gasteiger partial charge < -0.3 is 29.9 Å². The maximum Gasteiger partial charge on any atom is 0.318 e. The average Bonchev–Trinajstić information content (AvgIpc) is 3.94. The van der Waals surface area contributed by atoms with Crippen molar-refractivity contribution in [1.82, 2.24) is 35.1 Å².